The molecular formula is C17H28NO3PS. The topological polar surface area (TPSA) is 47.6 Å². The van der Waals surface area contributed by atoms with E-state index < -0.39 is 12.9 Å². The summed E-state index contributed by atoms with van der Waals surface area (Å²) in [6.45, 7) is 6.65. The molecule has 1 aromatic carbocycles. The number of hydrogen-bond acceptors (Lipinski definition) is 5. The third-order valence-corrected chi connectivity index (χ3v) is 8.03. The fourth-order valence-corrected chi connectivity index (χ4v) is 6.92. The molecule has 1 heterocycles. The first kappa shape index (κ1) is 19.0. The number of rotatable bonds is 8. The maximum Gasteiger partial charge on any atom is 0.350 e. The first-order chi connectivity index (χ1) is 11.1. The van der Waals surface area contributed by atoms with Crippen molar-refractivity contribution in [2.75, 3.05) is 24.7 Å². The van der Waals surface area contributed by atoms with Gasteiger partial charge in [-0.2, -0.15) is 11.8 Å². The second-order valence-electron chi connectivity index (χ2n) is 5.75. The maximum atomic E-state index is 13.5. The van der Waals surface area contributed by atoms with E-state index in [1.165, 1.54) is 5.56 Å². The van der Waals surface area contributed by atoms with Gasteiger partial charge in [0.25, 0.3) is 0 Å². The van der Waals surface area contributed by atoms with Crippen molar-refractivity contribution in [2.24, 2.45) is 0 Å². The molecule has 0 aromatic heterocycles. The molecule has 0 spiro atoms. The third-order valence-electron chi connectivity index (χ3n) is 4.23. The molecule has 0 amide bonds. The fourth-order valence-electron chi connectivity index (χ4n) is 3.06. The zero-order valence-corrected chi connectivity index (χ0v) is 16.0. The smallest absolute Gasteiger partial charge is 0.308 e. The monoisotopic (exact) mass is 357 g/mol. The molecule has 1 aromatic rings. The highest BCUT2D eigenvalue weighted by atomic mass is 32.2. The molecule has 1 fully saturated rings. The van der Waals surface area contributed by atoms with Crippen molar-refractivity contribution >= 4 is 19.4 Å². The van der Waals surface area contributed by atoms with E-state index in [-0.39, 0.29) is 6.04 Å². The zero-order chi connectivity index (χ0) is 16.8. The summed E-state index contributed by atoms with van der Waals surface area (Å²) in [5.74, 6) is 1.94. The van der Waals surface area contributed by atoms with Crippen LogP contribution in [0.25, 0.3) is 0 Å². The largest absolute Gasteiger partial charge is 0.350 e. The van der Waals surface area contributed by atoms with Gasteiger partial charge in [-0.25, -0.2) is 0 Å². The van der Waals surface area contributed by atoms with E-state index in [4.69, 9.17) is 9.05 Å². The predicted octanol–water partition coefficient (Wildman–Crippen LogP) is 4.83. The van der Waals surface area contributed by atoms with Crippen LogP contribution in [0.2, 0.25) is 0 Å². The Morgan fingerprint density at radius 1 is 1.17 bits per heavy atom. The molecule has 2 rings (SSSR count). The second-order valence-corrected chi connectivity index (χ2v) is 9.35. The summed E-state index contributed by atoms with van der Waals surface area (Å²) in [7, 11) is -3.22. The molecular weight excluding hydrogens is 329 g/mol. The summed E-state index contributed by atoms with van der Waals surface area (Å²) in [5.41, 5.74) is 1.18. The van der Waals surface area contributed by atoms with Gasteiger partial charge in [0.05, 0.1) is 13.2 Å². The van der Waals surface area contributed by atoms with Gasteiger partial charge >= 0.3 is 7.60 Å². The minimum Gasteiger partial charge on any atom is -0.308 e. The van der Waals surface area contributed by atoms with Gasteiger partial charge in [-0.15, -0.1) is 0 Å². The summed E-state index contributed by atoms with van der Waals surface area (Å²) in [6.07, 6.45) is 1.60. The van der Waals surface area contributed by atoms with Crippen molar-refractivity contribution < 1.29 is 13.6 Å². The molecule has 0 radical (unpaired) electrons. The standard InChI is InChI=1S/C17H28NO3PS/c1-4-20-22(19,21-5-2)17(11-13-23-14-12-17)18-15(3)16-9-7-6-8-10-16/h6-10,15,18H,4-5,11-14H2,1-3H3. The first-order valence-corrected chi connectivity index (χ1v) is 11.1. The molecule has 6 heteroatoms. The van der Waals surface area contributed by atoms with Gasteiger partial charge in [0.1, 0.15) is 5.28 Å². The Labute approximate surface area is 144 Å². The van der Waals surface area contributed by atoms with E-state index in [1.807, 2.05) is 43.8 Å². The van der Waals surface area contributed by atoms with Crippen LogP contribution in [0.5, 0.6) is 0 Å². The van der Waals surface area contributed by atoms with Crippen molar-refractivity contribution in [1.29, 1.82) is 0 Å². The first-order valence-electron chi connectivity index (χ1n) is 8.36. The highest BCUT2D eigenvalue weighted by Gasteiger charge is 2.52. The fraction of sp³-hybridized carbons (Fsp3) is 0.647. The Bertz CT molecular complexity index is 510. The van der Waals surface area contributed by atoms with Crippen LogP contribution >= 0.6 is 19.4 Å². The lowest BCUT2D eigenvalue weighted by atomic mass is 10.0. The van der Waals surface area contributed by atoms with E-state index in [0.717, 1.165) is 24.3 Å². The molecule has 23 heavy (non-hydrogen) atoms. The minimum absolute atomic E-state index is 0.0912. The Hall–Kier alpha value is -0.320. The second kappa shape index (κ2) is 8.68. The minimum atomic E-state index is -3.22. The van der Waals surface area contributed by atoms with Crippen molar-refractivity contribution in [3.63, 3.8) is 0 Å². The lowest BCUT2D eigenvalue weighted by Crippen LogP contribution is -2.49. The Morgan fingerprint density at radius 3 is 2.26 bits per heavy atom. The van der Waals surface area contributed by atoms with Crippen LogP contribution in [0.15, 0.2) is 30.3 Å². The molecule has 130 valence electrons. The summed E-state index contributed by atoms with van der Waals surface area (Å²) >= 11 is 1.90. The Kier molecular flexibility index (Phi) is 7.18. The number of hydrogen-bond donors (Lipinski definition) is 1. The van der Waals surface area contributed by atoms with Crippen LogP contribution < -0.4 is 5.32 Å². The van der Waals surface area contributed by atoms with Crippen molar-refractivity contribution in [1.82, 2.24) is 5.32 Å². The predicted molar refractivity (Wildman–Crippen MR) is 98.1 cm³/mol. The maximum absolute atomic E-state index is 13.5. The number of thioether (sulfide) groups is 1. The van der Waals surface area contributed by atoms with E-state index in [1.54, 1.807) is 0 Å². The van der Waals surface area contributed by atoms with Gasteiger partial charge in [-0.05, 0) is 50.7 Å². The highest BCUT2D eigenvalue weighted by molar-refractivity contribution is 7.99. The quantitative estimate of drug-likeness (QED) is 0.676. The zero-order valence-electron chi connectivity index (χ0n) is 14.3. The third kappa shape index (κ3) is 4.40. The Balaban J connectivity index is 2.29. The average molecular weight is 357 g/mol. The van der Waals surface area contributed by atoms with Crippen LogP contribution in [-0.4, -0.2) is 30.0 Å². The summed E-state index contributed by atoms with van der Waals surface area (Å²) in [4.78, 5) is 0. The van der Waals surface area contributed by atoms with Crippen LogP contribution in [0, 0.1) is 0 Å². The van der Waals surface area contributed by atoms with Crippen LogP contribution in [-0.2, 0) is 13.6 Å². The van der Waals surface area contributed by atoms with Crippen molar-refractivity contribution in [3.05, 3.63) is 35.9 Å². The summed E-state index contributed by atoms with van der Waals surface area (Å²) < 4.78 is 25.0. The van der Waals surface area contributed by atoms with Crippen LogP contribution in [0.4, 0.5) is 0 Å². The average Bonchev–Trinajstić information content (AvgIpc) is 2.57. The Morgan fingerprint density at radius 2 is 1.74 bits per heavy atom. The van der Waals surface area contributed by atoms with E-state index in [9.17, 15) is 4.57 Å². The molecule has 1 aliphatic heterocycles. The summed E-state index contributed by atoms with van der Waals surface area (Å²) in [5, 5.41) is 3.03. The van der Waals surface area contributed by atoms with Gasteiger partial charge in [-0.3, -0.25) is 9.88 Å². The highest BCUT2D eigenvalue weighted by Crippen LogP contribution is 2.63. The van der Waals surface area contributed by atoms with Crippen LogP contribution in [0.1, 0.15) is 45.2 Å². The number of benzene rings is 1. The molecule has 1 N–H and O–H groups in total. The molecule has 0 bridgehead atoms. The van der Waals surface area contributed by atoms with Gasteiger partial charge < -0.3 is 9.05 Å². The van der Waals surface area contributed by atoms with E-state index in [0.29, 0.717) is 13.2 Å². The van der Waals surface area contributed by atoms with Crippen LogP contribution in [0.3, 0.4) is 0 Å². The SMILES string of the molecule is CCOP(=O)(OCC)C1(NC(C)c2ccccc2)CCSCC1. The van der Waals surface area contributed by atoms with Gasteiger partial charge in [-0.1, -0.05) is 30.3 Å². The van der Waals surface area contributed by atoms with Gasteiger partial charge in [0, 0.05) is 6.04 Å². The molecule has 1 atom stereocenters. The molecule has 0 saturated carbocycles. The van der Waals surface area contributed by atoms with Crippen molar-refractivity contribution in [3.8, 4) is 0 Å². The summed E-state index contributed by atoms with van der Waals surface area (Å²) in [6, 6.07) is 10.3. The van der Waals surface area contributed by atoms with Gasteiger partial charge in [0.15, 0.2) is 0 Å². The normalized spacial score (nSPS) is 19.4. The molecule has 1 unspecified atom stereocenters. The van der Waals surface area contributed by atoms with Gasteiger partial charge in [0.2, 0.25) is 0 Å². The molecule has 1 aliphatic rings. The molecule has 0 aliphatic carbocycles. The van der Waals surface area contributed by atoms with Crippen molar-refractivity contribution in [2.45, 2.75) is 44.9 Å². The number of nitrogens with one attached hydrogen (secondary N) is 1. The lowest BCUT2D eigenvalue weighted by molar-refractivity contribution is 0.175. The van der Waals surface area contributed by atoms with E-state index in [2.05, 4.69) is 24.4 Å². The van der Waals surface area contributed by atoms with E-state index >= 15 is 0 Å². The lowest BCUT2D eigenvalue weighted by Gasteiger charge is -2.43. The molecule has 1 saturated heterocycles. The molecule has 4 nitrogen and oxygen atoms in total.